The van der Waals surface area contributed by atoms with Crippen LogP contribution in [-0.2, 0) is 4.74 Å². The zero-order valence-electron chi connectivity index (χ0n) is 10.4. The average molecular weight is 211 g/mol. The lowest BCUT2D eigenvalue weighted by Gasteiger charge is -2.47. The van der Waals surface area contributed by atoms with Crippen LogP contribution in [0.2, 0.25) is 0 Å². The summed E-state index contributed by atoms with van der Waals surface area (Å²) in [4.78, 5) is 2.70. The van der Waals surface area contributed by atoms with Gasteiger partial charge in [-0.05, 0) is 31.6 Å². The molecular formula is C13H25NO. The largest absolute Gasteiger partial charge is 0.378 e. The van der Waals surface area contributed by atoms with Crippen molar-refractivity contribution in [1.29, 1.82) is 0 Å². The molecule has 0 spiro atoms. The van der Waals surface area contributed by atoms with Gasteiger partial charge in [-0.3, -0.25) is 4.90 Å². The quantitative estimate of drug-likeness (QED) is 0.711. The summed E-state index contributed by atoms with van der Waals surface area (Å²) in [6.45, 7) is 10.4. The molecule has 0 aromatic carbocycles. The van der Waals surface area contributed by atoms with Crippen molar-refractivity contribution < 1.29 is 4.74 Å². The van der Waals surface area contributed by atoms with Gasteiger partial charge in [-0.2, -0.15) is 0 Å². The van der Waals surface area contributed by atoms with E-state index in [0.717, 1.165) is 37.1 Å². The molecule has 0 saturated carbocycles. The summed E-state index contributed by atoms with van der Waals surface area (Å²) in [5.74, 6) is 1.81. The molecule has 2 saturated heterocycles. The Balaban J connectivity index is 1.91. The minimum absolute atomic E-state index is 0.729. The van der Waals surface area contributed by atoms with Crippen LogP contribution in [0.3, 0.4) is 0 Å². The van der Waals surface area contributed by atoms with Gasteiger partial charge in [0.25, 0.3) is 0 Å². The van der Waals surface area contributed by atoms with E-state index in [-0.39, 0.29) is 0 Å². The molecule has 1 unspecified atom stereocenters. The molecule has 0 radical (unpaired) electrons. The maximum absolute atomic E-state index is 5.32. The molecule has 2 heteroatoms. The molecule has 0 aromatic heterocycles. The van der Waals surface area contributed by atoms with Gasteiger partial charge in [0.2, 0.25) is 0 Å². The summed E-state index contributed by atoms with van der Waals surface area (Å²) in [6.07, 6.45) is 4.14. The smallest absolute Gasteiger partial charge is 0.0645 e. The lowest BCUT2D eigenvalue weighted by Crippen LogP contribution is -2.56. The molecule has 15 heavy (non-hydrogen) atoms. The third-order valence-electron chi connectivity index (χ3n) is 4.50. The first kappa shape index (κ1) is 11.4. The topological polar surface area (TPSA) is 12.5 Å². The SMILES string of the molecule is CCC(C)[C@H]1CC[C@@H](C)N(C2COC2)C1. The van der Waals surface area contributed by atoms with Crippen LogP contribution in [0.25, 0.3) is 0 Å². The van der Waals surface area contributed by atoms with E-state index < -0.39 is 0 Å². The Kier molecular flexibility index (Phi) is 3.68. The fraction of sp³-hybridized carbons (Fsp3) is 1.00. The van der Waals surface area contributed by atoms with Crippen molar-refractivity contribution in [2.45, 2.75) is 52.1 Å². The van der Waals surface area contributed by atoms with Crippen LogP contribution in [0, 0.1) is 11.8 Å². The van der Waals surface area contributed by atoms with Crippen LogP contribution < -0.4 is 0 Å². The molecular weight excluding hydrogens is 186 g/mol. The Morgan fingerprint density at radius 1 is 1.33 bits per heavy atom. The zero-order chi connectivity index (χ0) is 10.8. The highest BCUT2D eigenvalue weighted by Crippen LogP contribution is 2.31. The van der Waals surface area contributed by atoms with Gasteiger partial charge in [0, 0.05) is 12.6 Å². The number of nitrogens with zero attached hydrogens (tertiary/aromatic N) is 1. The standard InChI is InChI=1S/C13H25NO/c1-4-10(2)12-6-5-11(3)14(7-12)13-8-15-9-13/h10-13H,4-9H2,1-3H3/t10?,11-,12+/m1/s1. The Labute approximate surface area is 94.0 Å². The molecule has 2 aliphatic rings. The fourth-order valence-electron chi connectivity index (χ4n) is 2.88. The Morgan fingerprint density at radius 2 is 2.07 bits per heavy atom. The molecule has 2 fully saturated rings. The van der Waals surface area contributed by atoms with Gasteiger partial charge in [0.05, 0.1) is 19.3 Å². The number of likely N-dealkylation sites (tertiary alicyclic amines) is 1. The third-order valence-corrected chi connectivity index (χ3v) is 4.50. The van der Waals surface area contributed by atoms with Gasteiger partial charge in [0.1, 0.15) is 0 Å². The molecule has 88 valence electrons. The highest BCUT2D eigenvalue weighted by molar-refractivity contribution is 4.88. The van der Waals surface area contributed by atoms with Crippen molar-refractivity contribution in [2.24, 2.45) is 11.8 Å². The Hall–Kier alpha value is -0.0800. The van der Waals surface area contributed by atoms with E-state index in [1.807, 2.05) is 0 Å². The predicted molar refractivity (Wildman–Crippen MR) is 63.0 cm³/mol. The molecule has 2 aliphatic heterocycles. The second-order valence-electron chi connectivity index (χ2n) is 5.46. The summed E-state index contributed by atoms with van der Waals surface area (Å²) >= 11 is 0. The van der Waals surface area contributed by atoms with Gasteiger partial charge >= 0.3 is 0 Å². The van der Waals surface area contributed by atoms with Gasteiger partial charge in [-0.15, -0.1) is 0 Å². The van der Waals surface area contributed by atoms with Gasteiger partial charge in [-0.1, -0.05) is 20.3 Å². The lowest BCUT2D eigenvalue weighted by molar-refractivity contribution is -0.0952. The lowest BCUT2D eigenvalue weighted by atomic mass is 9.82. The van der Waals surface area contributed by atoms with Crippen LogP contribution in [-0.4, -0.2) is 36.7 Å². The van der Waals surface area contributed by atoms with Crippen molar-refractivity contribution in [3.05, 3.63) is 0 Å². The van der Waals surface area contributed by atoms with E-state index >= 15 is 0 Å². The van der Waals surface area contributed by atoms with Crippen molar-refractivity contribution >= 4 is 0 Å². The first-order valence-electron chi connectivity index (χ1n) is 6.55. The predicted octanol–water partition coefficient (Wildman–Crippen LogP) is 2.53. The number of ether oxygens (including phenoxy) is 1. The first-order chi connectivity index (χ1) is 7.22. The first-order valence-corrected chi connectivity index (χ1v) is 6.55. The monoisotopic (exact) mass is 211 g/mol. The number of hydrogen-bond acceptors (Lipinski definition) is 2. The highest BCUT2D eigenvalue weighted by Gasteiger charge is 2.35. The van der Waals surface area contributed by atoms with Gasteiger partial charge < -0.3 is 4.74 Å². The maximum atomic E-state index is 5.32. The van der Waals surface area contributed by atoms with E-state index in [1.165, 1.54) is 25.8 Å². The van der Waals surface area contributed by atoms with E-state index in [2.05, 4.69) is 25.7 Å². The minimum Gasteiger partial charge on any atom is -0.378 e. The second kappa shape index (κ2) is 4.84. The normalized spacial score (nSPS) is 36.2. The third kappa shape index (κ3) is 2.36. The van der Waals surface area contributed by atoms with E-state index in [0.29, 0.717) is 0 Å². The Bertz CT molecular complexity index is 201. The van der Waals surface area contributed by atoms with E-state index in [1.54, 1.807) is 0 Å². The molecule has 2 rings (SSSR count). The number of hydrogen-bond donors (Lipinski definition) is 0. The van der Waals surface area contributed by atoms with E-state index in [4.69, 9.17) is 4.74 Å². The summed E-state index contributed by atoms with van der Waals surface area (Å²) in [5, 5.41) is 0. The van der Waals surface area contributed by atoms with Crippen LogP contribution in [0.5, 0.6) is 0 Å². The Morgan fingerprint density at radius 3 is 2.60 bits per heavy atom. The molecule has 2 nitrogen and oxygen atoms in total. The molecule has 0 N–H and O–H groups in total. The van der Waals surface area contributed by atoms with E-state index in [9.17, 15) is 0 Å². The molecule has 0 aromatic rings. The maximum Gasteiger partial charge on any atom is 0.0645 e. The molecule has 3 atom stereocenters. The van der Waals surface area contributed by atoms with Crippen molar-refractivity contribution in [3.8, 4) is 0 Å². The number of piperidine rings is 1. The molecule has 0 aliphatic carbocycles. The van der Waals surface area contributed by atoms with Gasteiger partial charge in [0.15, 0.2) is 0 Å². The van der Waals surface area contributed by atoms with Crippen molar-refractivity contribution in [1.82, 2.24) is 4.90 Å². The second-order valence-corrected chi connectivity index (χ2v) is 5.46. The van der Waals surface area contributed by atoms with Crippen molar-refractivity contribution in [2.75, 3.05) is 19.8 Å². The highest BCUT2D eigenvalue weighted by atomic mass is 16.5. The summed E-state index contributed by atoms with van der Waals surface area (Å²) in [5.41, 5.74) is 0. The minimum atomic E-state index is 0.729. The molecule has 0 amide bonds. The fourth-order valence-corrected chi connectivity index (χ4v) is 2.88. The van der Waals surface area contributed by atoms with Crippen LogP contribution >= 0.6 is 0 Å². The van der Waals surface area contributed by atoms with Crippen molar-refractivity contribution in [3.63, 3.8) is 0 Å². The summed E-state index contributed by atoms with van der Waals surface area (Å²) < 4.78 is 5.32. The van der Waals surface area contributed by atoms with Crippen LogP contribution in [0.1, 0.15) is 40.0 Å². The summed E-state index contributed by atoms with van der Waals surface area (Å²) in [6, 6.07) is 1.51. The van der Waals surface area contributed by atoms with Gasteiger partial charge in [-0.25, -0.2) is 0 Å². The molecule has 0 bridgehead atoms. The van der Waals surface area contributed by atoms with Crippen LogP contribution in [0.15, 0.2) is 0 Å². The number of rotatable bonds is 3. The zero-order valence-corrected chi connectivity index (χ0v) is 10.4. The molecule has 2 heterocycles. The summed E-state index contributed by atoms with van der Waals surface area (Å²) in [7, 11) is 0. The average Bonchev–Trinajstić information content (AvgIpc) is 2.17. The van der Waals surface area contributed by atoms with Crippen LogP contribution in [0.4, 0.5) is 0 Å².